The lowest BCUT2D eigenvalue weighted by Crippen LogP contribution is -2.28. The van der Waals surface area contributed by atoms with Crippen molar-refractivity contribution in [2.45, 2.75) is 33.8 Å². The van der Waals surface area contributed by atoms with Crippen LogP contribution in [0, 0.1) is 0 Å². The first-order valence-electron chi connectivity index (χ1n) is 7.50. The molecule has 1 rings (SSSR count). The molecule has 6 nitrogen and oxygen atoms in total. The Balaban J connectivity index is 2.99. The van der Waals surface area contributed by atoms with Crippen LogP contribution in [-0.2, 0) is 14.3 Å². The van der Waals surface area contributed by atoms with Gasteiger partial charge in [-0.3, -0.25) is 4.79 Å². The van der Waals surface area contributed by atoms with Crippen LogP contribution in [0.4, 0.5) is 11.4 Å². The van der Waals surface area contributed by atoms with Gasteiger partial charge in [0.1, 0.15) is 6.10 Å². The average Bonchev–Trinajstić information content (AvgIpc) is 2.49. The third-order valence-electron chi connectivity index (χ3n) is 2.94. The highest BCUT2D eigenvalue weighted by Gasteiger charge is 2.16. The Labute approximate surface area is 131 Å². The van der Waals surface area contributed by atoms with E-state index in [0.29, 0.717) is 31.0 Å². The summed E-state index contributed by atoms with van der Waals surface area (Å²) in [4.78, 5) is 23.9. The molecule has 0 aromatic heterocycles. The SMILES string of the molecule is CCNc1ccc(C(=O)OCC)cc1NC(=O)[C@H](C)OCC. The summed E-state index contributed by atoms with van der Waals surface area (Å²) in [6.45, 7) is 8.66. The predicted octanol–water partition coefficient (Wildman–Crippen LogP) is 2.66. The van der Waals surface area contributed by atoms with E-state index in [1.165, 1.54) is 0 Å². The third kappa shape index (κ3) is 5.04. The second-order valence-corrected chi connectivity index (χ2v) is 4.60. The maximum absolute atomic E-state index is 12.1. The van der Waals surface area contributed by atoms with Crippen molar-refractivity contribution < 1.29 is 19.1 Å². The van der Waals surface area contributed by atoms with Crippen molar-refractivity contribution in [3.63, 3.8) is 0 Å². The second kappa shape index (κ2) is 9.04. The summed E-state index contributed by atoms with van der Waals surface area (Å²) < 4.78 is 10.2. The van der Waals surface area contributed by atoms with Crippen LogP contribution in [0.1, 0.15) is 38.1 Å². The number of amides is 1. The van der Waals surface area contributed by atoms with Crippen LogP contribution in [-0.4, -0.2) is 37.7 Å². The number of benzene rings is 1. The molecule has 1 atom stereocenters. The molecule has 0 saturated heterocycles. The summed E-state index contributed by atoms with van der Waals surface area (Å²) in [6, 6.07) is 5.01. The van der Waals surface area contributed by atoms with E-state index in [9.17, 15) is 9.59 Å². The molecule has 0 saturated carbocycles. The normalized spacial score (nSPS) is 11.6. The van der Waals surface area contributed by atoms with Crippen LogP contribution in [0.2, 0.25) is 0 Å². The summed E-state index contributed by atoms with van der Waals surface area (Å²) in [6.07, 6.45) is -0.564. The zero-order chi connectivity index (χ0) is 16.5. The van der Waals surface area contributed by atoms with Gasteiger partial charge in [0.15, 0.2) is 0 Å². The molecule has 0 aliphatic carbocycles. The molecule has 1 aromatic carbocycles. The van der Waals surface area contributed by atoms with Crippen molar-refractivity contribution in [2.75, 3.05) is 30.4 Å². The average molecular weight is 308 g/mol. The van der Waals surface area contributed by atoms with Gasteiger partial charge in [-0.25, -0.2) is 4.79 Å². The van der Waals surface area contributed by atoms with Crippen LogP contribution in [0.5, 0.6) is 0 Å². The van der Waals surface area contributed by atoms with Gasteiger partial charge in [-0.2, -0.15) is 0 Å². The Bertz CT molecular complexity index is 517. The Morgan fingerprint density at radius 2 is 1.86 bits per heavy atom. The molecule has 0 fully saturated rings. The van der Waals surface area contributed by atoms with Gasteiger partial charge in [0.2, 0.25) is 0 Å². The van der Waals surface area contributed by atoms with E-state index in [2.05, 4.69) is 10.6 Å². The molecule has 2 N–H and O–H groups in total. The van der Waals surface area contributed by atoms with Crippen LogP contribution in [0.3, 0.4) is 0 Å². The standard InChI is InChI=1S/C16H24N2O4/c1-5-17-13-9-8-12(16(20)22-7-3)10-14(13)18-15(19)11(4)21-6-2/h8-11,17H,5-7H2,1-4H3,(H,18,19)/t11-/m0/s1. The maximum Gasteiger partial charge on any atom is 0.338 e. The molecule has 0 heterocycles. The number of esters is 1. The molecule has 22 heavy (non-hydrogen) atoms. The van der Waals surface area contributed by atoms with E-state index >= 15 is 0 Å². The number of hydrogen-bond acceptors (Lipinski definition) is 5. The number of rotatable bonds is 8. The van der Waals surface area contributed by atoms with E-state index < -0.39 is 12.1 Å². The molecule has 122 valence electrons. The minimum Gasteiger partial charge on any atom is -0.462 e. The first-order chi connectivity index (χ1) is 10.5. The lowest BCUT2D eigenvalue weighted by atomic mass is 10.1. The van der Waals surface area contributed by atoms with Crippen LogP contribution < -0.4 is 10.6 Å². The molecule has 0 aliphatic rings. The van der Waals surface area contributed by atoms with Gasteiger partial charge in [0.25, 0.3) is 5.91 Å². The molecule has 0 bridgehead atoms. The fourth-order valence-electron chi connectivity index (χ4n) is 1.89. The summed E-state index contributed by atoms with van der Waals surface area (Å²) in [7, 11) is 0. The quantitative estimate of drug-likeness (QED) is 0.722. The summed E-state index contributed by atoms with van der Waals surface area (Å²) in [5, 5.41) is 5.93. The number of nitrogens with one attached hydrogen (secondary N) is 2. The van der Waals surface area contributed by atoms with Crippen LogP contribution in [0.25, 0.3) is 0 Å². The first kappa shape index (κ1) is 18.0. The topological polar surface area (TPSA) is 76.7 Å². The Morgan fingerprint density at radius 3 is 2.45 bits per heavy atom. The largest absolute Gasteiger partial charge is 0.462 e. The Morgan fingerprint density at radius 1 is 1.14 bits per heavy atom. The van der Waals surface area contributed by atoms with Crippen molar-refractivity contribution in [3.8, 4) is 0 Å². The molecule has 0 spiro atoms. The highest BCUT2D eigenvalue weighted by molar-refractivity contribution is 5.99. The van der Waals surface area contributed by atoms with Gasteiger partial charge in [0.05, 0.1) is 23.5 Å². The number of carbonyl (C=O) groups is 2. The number of ether oxygens (including phenoxy) is 2. The molecule has 0 aliphatic heterocycles. The van der Waals surface area contributed by atoms with Crippen molar-refractivity contribution in [2.24, 2.45) is 0 Å². The highest BCUT2D eigenvalue weighted by atomic mass is 16.5. The highest BCUT2D eigenvalue weighted by Crippen LogP contribution is 2.24. The van der Waals surface area contributed by atoms with Crippen molar-refractivity contribution in [3.05, 3.63) is 23.8 Å². The first-order valence-corrected chi connectivity index (χ1v) is 7.50. The molecular weight excluding hydrogens is 284 g/mol. The smallest absolute Gasteiger partial charge is 0.338 e. The molecular formula is C16H24N2O4. The van der Waals surface area contributed by atoms with E-state index in [-0.39, 0.29) is 5.91 Å². The van der Waals surface area contributed by atoms with Crippen molar-refractivity contribution in [1.82, 2.24) is 0 Å². The molecule has 1 amide bonds. The maximum atomic E-state index is 12.1. The van der Waals surface area contributed by atoms with Gasteiger partial charge < -0.3 is 20.1 Å². The van der Waals surface area contributed by atoms with E-state index in [1.807, 2.05) is 13.8 Å². The van der Waals surface area contributed by atoms with E-state index in [1.54, 1.807) is 32.0 Å². The van der Waals surface area contributed by atoms with Crippen LogP contribution in [0.15, 0.2) is 18.2 Å². The fourth-order valence-corrected chi connectivity index (χ4v) is 1.89. The number of carbonyl (C=O) groups excluding carboxylic acids is 2. The van der Waals surface area contributed by atoms with Crippen molar-refractivity contribution >= 4 is 23.3 Å². The summed E-state index contributed by atoms with van der Waals surface area (Å²) in [5.41, 5.74) is 1.67. The summed E-state index contributed by atoms with van der Waals surface area (Å²) >= 11 is 0. The zero-order valence-corrected chi connectivity index (χ0v) is 13.6. The predicted molar refractivity (Wildman–Crippen MR) is 86.3 cm³/mol. The Kier molecular flexibility index (Phi) is 7.39. The zero-order valence-electron chi connectivity index (χ0n) is 13.6. The van der Waals surface area contributed by atoms with Gasteiger partial charge in [-0.05, 0) is 45.9 Å². The molecule has 0 unspecified atom stereocenters. The Hall–Kier alpha value is -2.08. The van der Waals surface area contributed by atoms with Gasteiger partial charge >= 0.3 is 5.97 Å². The van der Waals surface area contributed by atoms with Gasteiger partial charge in [0, 0.05) is 13.2 Å². The molecule has 0 radical (unpaired) electrons. The lowest BCUT2D eigenvalue weighted by Gasteiger charge is -2.16. The number of anilines is 2. The monoisotopic (exact) mass is 308 g/mol. The van der Waals surface area contributed by atoms with Gasteiger partial charge in [-0.15, -0.1) is 0 Å². The lowest BCUT2D eigenvalue weighted by molar-refractivity contribution is -0.126. The summed E-state index contributed by atoms with van der Waals surface area (Å²) in [5.74, 6) is -0.680. The fraction of sp³-hybridized carbons (Fsp3) is 0.500. The third-order valence-corrected chi connectivity index (χ3v) is 2.94. The molecule has 1 aromatic rings. The number of hydrogen-bond donors (Lipinski definition) is 2. The van der Waals surface area contributed by atoms with Crippen molar-refractivity contribution in [1.29, 1.82) is 0 Å². The minimum atomic E-state index is -0.564. The minimum absolute atomic E-state index is 0.262. The van der Waals surface area contributed by atoms with E-state index in [4.69, 9.17) is 9.47 Å². The van der Waals surface area contributed by atoms with E-state index in [0.717, 1.165) is 5.69 Å². The molecule has 6 heteroatoms. The second-order valence-electron chi connectivity index (χ2n) is 4.60. The van der Waals surface area contributed by atoms with Crippen LogP contribution >= 0.6 is 0 Å². The van der Waals surface area contributed by atoms with Gasteiger partial charge in [-0.1, -0.05) is 0 Å².